The number of hydrogen-bond donors (Lipinski definition) is 1. The number of carbonyl (C=O) groups is 3. The molecule has 1 aliphatic rings. The Morgan fingerprint density at radius 3 is 2.39 bits per heavy atom. The zero-order chi connectivity index (χ0) is 27.1. The lowest BCUT2D eigenvalue weighted by molar-refractivity contribution is -0.384. The van der Waals surface area contributed by atoms with Gasteiger partial charge >= 0.3 is 6.03 Å². The number of para-hydroxylation sites is 1. The molecule has 4 aromatic rings. The van der Waals surface area contributed by atoms with Gasteiger partial charge in [0.05, 0.1) is 10.6 Å². The molecule has 0 aliphatic carbocycles. The van der Waals surface area contributed by atoms with Crippen LogP contribution in [-0.4, -0.2) is 27.3 Å². The molecular weight excluding hydrogens is 508 g/mol. The molecule has 0 spiro atoms. The number of hydrogen-bond acceptors (Lipinski definition) is 5. The molecule has 0 saturated carbocycles. The molecule has 0 unspecified atom stereocenters. The Balaban J connectivity index is 1.58. The molecule has 190 valence electrons. The van der Waals surface area contributed by atoms with Crippen LogP contribution < -0.4 is 10.2 Å². The molecule has 9 nitrogen and oxygen atoms in total. The number of amides is 4. The topological polar surface area (TPSA) is 115 Å². The second-order valence-corrected chi connectivity index (χ2v) is 9.32. The first kappa shape index (κ1) is 24.9. The number of rotatable bonds is 5. The fraction of sp³-hybridized carbons (Fsp3) is 0.107. The molecule has 0 atom stereocenters. The standard InChI is InChI=1S/C28H21ClN4O5/c1-16-7-10-20(13-24(16)29)32-27(35)23(26(34)30-28(32)36)14-22-17(2)31(25-6-4-3-5-21(22)25)15-18-8-11-19(12-9-18)33(37)38/h3-14H,15H2,1-2H3,(H,30,34,36)/b23-14-. The summed E-state index contributed by atoms with van der Waals surface area (Å²) in [6, 6.07) is 17.8. The maximum atomic E-state index is 13.5. The molecule has 1 N–H and O–H groups in total. The number of nitro groups is 1. The zero-order valence-corrected chi connectivity index (χ0v) is 21.2. The van der Waals surface area contributed by atoms with E-state index in [1.807, 2.05) is 35.8 Å². The number of aryl methyl sites for hydroxylation is 1. The van der Waals surface area contributed by atoms with Gasteiger partial charge in [-0.3, -0.25) is 25.0 Å². The highest BCUT2D eigenvalue weighted by Gasteiger charge is 2.37. The molecular formula is C28H21ClN4O5. The molecule has 1 aromatic heterocycles. The second-order valence-electron chi connectivity index (χ2n) is 8.92. The lowest BCUT2D eigenvalue weighted by atomic mass is 10.0. The minimum Gasteiger partial charge on any atom is -0.340 e. The summed E-state index contributed by atoms with van der Waals surface area (Å²) in [6.07, 6.45) is 1.50. The number of non-ortho nitro benzene ring substituents is 1. The van der Waals surface area contributed by atoms with Crippen LogP contribution >= 0.6 is 11.6 Å². The molecule has 1 saturated heterocycles. The Hall–Kier alpha value is -4.76. The normalized spacial score (nSPS) is 14.9. The molecule has 5 rings (SSSR count). The number of barbiturate groups is 1. The SMILES string of the molecule is Cc1ccc(N2C(=O)NC(=O)/C(=C/c3c(C)n(Cc4ccc([N+](=O)[O-])cc4)c4ccccc34)C2=O)cc1Cl. The number of benzene rings is 3. The number of anilines is 1. The monoisotopic (exact) mass is 528 g/mol. The molecule has 4 amide bonds. The van der Waals surface area contributed by atoms with Crippen molar-refractivity contribution in [3.63, 3.8) is 0 Å². The Labute approximate surface area is 222 Å². The quantitative estimate of drug-likeness (QED) is 0.158. The van der Waals surface area contributed by atoms with Gasteiger partial charge < -0.3 is 4.57 Å². The Bertz CT molecular complexity index is 1690. The van der Waals surface area contributed by atoms with Crippen LogP contribution in [0.5, 0.6) is 0 Å². The first-order chi connectivity index (χ1) is 18.2. The van der Waals surface area contributed by atoms with Crippen LogP contribution in [0.15, 0.2) is 72.3 Å². The molecule has 10 heteroatoms. The second kappa shape index (κ2) is 9.60. The summed E-state index contributed by atoms with van der Waals surface area (Å²) in [4.78, 5) is 50.3. The van der Waals surface area contributed by atoms with Gasteiger partial charge in [-0.15, -0.1) is 0 Å². The van der Waals surface area contributed by atoms with Crippen molar-refractivity contribution < 1.29 is 19.3 Å². The van der Waals surface area contributed by atoms with E-state index in [4.69, 9.17) is 11.6 Å². The van der Waals surface area contributed by atoms with Crippen LogP contribution in [0.4, 0.5) is 16.2 Å². The summed E-state index contributed by atoms with van der Waals surface area (Å²) in [5.41, 5.74) is 3.97. The third-order valence-electron chi connectivity index (χ3n) is 6.57. The highest BCUT2D eigenvalue weighted by Crippen LogP contribution is 2.31. The largest absolute Gasteiger partial charge is 0.340 e. The molecule has 2 heterocycles. The average Bonchev–Trinajstić information content (AvgIpc) is 3.14. The number of nitrogens with zero attached hydrogens (tertiary/aromatic N) is 3. The van der Waals surface area contributed by atoms with Crippen molar-refractivity contribution in [2.24, 2.45) is 0 Å². The van der Waals surface area contributed by atoms with Gasteiger partial charge in [-0.05, 0) is 49.2 Å². The minimum absolute atomic E-state index is 0.00375. The first-order valence-electron chi connectivity index (χ1n) is 11.6. The summed E-state index contributed by atoms with van der Waals surface area (Å²) in [5.74, 6) is -1.55. The van der Waals surface area contributed by atoms with Gasteiger partial charge in [0.1, 0.15) is 5.57 Å². The zero-order valence-electron chi connectivity index (χ0n) is 20.4. The number of urea groups is 1. The van der Waals surface area contributed by atoms with Crippen LogP contribution in [-0.2, 0) is 16.1 Å². The van der Waals surface area contributed by atoms with Gasteiger partial charge in [-0.1, -0.05) is 48.0 Å². The molecule has 3 aromatic carbocycles. The van der Waals surface area contributed by atoms with Crippen molar-refractivity contribution in [1.29, 1.82) is 0 Å². The summed E-state index contributed by atoms with van der Waals surface area (Å²) in [6.45, 7) is 4.08. The lowest BCUT2D eigenvalue weighted by Crippen LogP contribution is -2.54. The number of fused-ring (bicyclic) bond motifs is 1. The van der Waals surface area contributed by atoms with Crippen LogP contribution in [0.3, 0.4) is 0 Å². The van der Waals surface area contributed by atoms with E-state index in [-0.39, 0.29) is 16.9 Å². The van der Waals surface area contributed by atoms with Crippen LogP contribution in [0.1, 0.15) is 22.4 Å². The van der Waals surface area contributed by atoms with E-state index in [1.165, 1.54) is 24.3 Å². The number of aromatic nitrogens is 1. The number of imide groups is 2. The Kier molecular flexibility index (Phi) is 6.30. The number of carbonyl (C=O) groups excluding carboxylic acids is 3. The van der Waals surface area contributed by atoms with Gasteiger partial charge in [0.2, 0.25) is 0 Å². The summed E-state index contributed by atoms with van der Waals surface area (Å²) in [7, 11) is 0. The van der Waals surface area contributed by atoms with Crippen molar-refractivity contribution in [3.05, 3.63) is 110 Å². The van der Waals surface area contributed by atoms with Crippen molar-refractivity contribution >= 4 is 57.8 Å². The fourth-order valence-corrected chi connectivity index (χ4v) is 4.68. The van der Waals surface area contributed by atoms with Gasteiger partial charge in [0.15, 0.2) is 0 Å². The van der Waals surface area contributed by atoms with Crippen LogP contribution in [0.25, 0.3) is 17.0 Å². The van der Waals surface area contributed by atoms with E-state index in [9.17, 15) is 24.5 Å². The maximum absolute atomic E-state index is 13.5. The van der Waals surface area contributed by atoms with Gasteiger partial charge in [-0.25, -0.2) is 9.69 Å². The van der Waals surface area contributed by atoms with Gasteiger partial charge in [-0.2, -0.15) is 0 Å². The summed E-state index contributed by atoms with van der Waals surface area (Å²) < 4.78 is 2.01. The van der Waals surface area contributed by atoms with Crippen molar-refractivity contribution in [2.45, 2.75) is 20.4 Å². The lowest BCUT2D eigenvalue weighted by Gasteiger charge is -2.26. The van der Waals surface area contributed by atoms with E-state index in [2.05, 4.69) is 5.32 Å². The van der Waals surface area contributed by atoms with E-state index >= 15 is 0 Å². The maximum Gasteiger partial charge on any atom is 0.335 e. The molecule has 0 bridgehead atoms. The van der Waals surface area contributed by atoms with Crippen LogP contribution in [0.2, 0.25) is 5.02 Å². The molecule has 38 heavy (non-hydrogen) atoms. The molecule has 0 radical (unpaired) electrons. The first-order valence-corrected chi connectivity index (χ1v) is 12.0. The van der Waals surface area contributed by atoms with E-state index in [0.29, 0.717) is 17.1 Å². The Morgan fingerprint density at radius 1 is 1.00 bits per heavy atom. The number of nitro benzene ring substituents is 1. The molecule has 1 aliphatic heterocycles. The highest BCUT2D eigenvalue weighted by atomic mass is 35.5. The summed E-state index contributed by atoms with van der Waals surface area (Å²) in [5, 5.41) is 14.5. The average molecular weight is 529 g/mol. The van der Waals surface area contributed by atoms with E-state index in [1.54, 1.807) is 31.2 Å². The van der Waals surface area contributed by atoms with E-state index in [0.717, 1.165) is 32.6 Å². The van der Waals surface area contributed by atoms with Crippen molar-refractivity contribution in [3.8, 4) is 0 Å². The highest BCUT2D eigenvalue weighted by molar-refractivity contribution is 6.39. The predicted molar refractivity (Wildman–Crippen MR) is 144 cm³/mol. The van der Waals surface area contributed by atoms with Gasteiger partial charge in [0, 0.05) is 45.9 Å². The van der Waals surface area contributed by atoms with Crippen molar-refractivity contribution in [2.75, 3.05) is 4.90 Å². The minimum atomic E-state index is -0.852. The third kappa shape index (κ3) is 4.33. The Morgan fingerprint density at radius 2 is 1.71 bits per heavy atom. The number of halogens is 1. The van der Waals surface area contributed by atoms with Crippen molar-refractivity contribution in [1.82, 2.24) is 9.88 Å². The summed E-state index contributed by atoms with van der Waals surface area (Å²) >= 11 is 6.22. The molecule has 1 fully saturated rings. The number of nitrogens with one attached hydrogen (secondary N) is 1. The van der Waals surface area contributed by atoms with Crippen LogP contribution in [0, 0.1) is 24.0 Å². The predicted octanol–water partition coefficient (Wildman–Crippen LogP) is 5.53. The third-order valence-corrected chi connectivity index (χ3v) is 6.98. The van der Waals surface area contributed by atoms with Gasteiger partial charge in [0.25, 0.3) is 17.5 Å². The van der Waals surface area contributed by atoms with E-state index < -0.39 is 22.8 Å². The fourth-order valence-electron chi connectivity index (χ4n) is 4.51. The smallest absolute Gasteiger partial charge is 0.335 e.